The highest BCUT2D eigenvalue weighted by molar-refractivity contribution is 7.93. The molecule has 0 radical (unpaired) electrons. The molecule has 0 aromatic heterocycles. The first-order chi connectivity index (χ1) is 14.2. The molecule has 30 heavy (non-hydrogen) atoms. The molecule has 1 aliphatic heterocycles. The fraction of sp³-hybridized carbons (Fsp3) is 0.238. The maximum absolute atomic E-state index is 13.5. The third kappa shape index (κ3) is 4.68. The van der Waals surface area contributed by atoms with Crippen LogP contribution in [0.15, 0.2) is 54.6 Å². The molecule has 3 rings (SSSR count). The summed E-state index contributed by atoms with van der Waals surface area (Å²) in [7, 11) is -1.84. The average molecular weight is 431 g/mol. The van der Waals surface area contributed by atoms with Crippen LogP contribution in [0.3, 0.4) is 0 Å². The number of primary amides is 1. The summed E-state index contributed by atoms with van der Waals surface area (Å²) in [6.45, 7) is 0.454. The summed E-state index contributed by atoms with van der Waals surface area (Å²) in [6, 6.07) is 11.0. The Balaban J connectivity index is 1.73. The first kappa shape index (κ1) is 21.5. The van der Waals surface area contributed by atoms with Gasteiger partial charge < -0.3 is 10.6 Å². The summed E-state index contributed by atoms with van der Waals surface area (Å²) >= 11 is 0. The first-order valence-corrected chi connectivity index (χ1v) is 10.9. The van der Waals surface area contributed by atoms with Crippen molar-refractivity contribution in [1.82, 2.24) is 4.90 Å². The predicted molar refractivity (Wildman–Crippen MR) is 112 cm³/mol. The Kier molecular flexibility index (Phi) is 6.21. The average Bonchev–Trinajstić information content (AvgIpc) is 3.05. The highest BCUT2D eigenvalue weighted by Gasteiger charge is 2.28. The Morgan fingerprint density at radius 3 is 2.47 bits per heavy atom. The van der Waals surface area contributed by atoms with Crippen molar-refractivity contribution in [1.29, 1.82) is 0 Å². The maximum atomic E-state index is 13.5. The van der Waals surface area contributed by atoms with Crippen LogP contribution in [0.5, 0.6) is 0 Å². The van der Waals surface area contributed by atoms with E-state index in [-0.39, 0.29) is 11.3 Å². The Bertz CT molecular complexity index is 1080. The number of carbonyl (C=O) groups is 2. The van der Waals surface area contributed by atoms with Gasteiger partial charge in [0.25, 0.3) is 0 Å². The smallest absolute Gasteiger partial charge is 0.247 e. The van der Waals surface area contributed by atoms with Crippen molar-refractivity contribution in [2.24, 2.45) is 5.73 Å². The fourth-order valence-electron chi connectivity index (χ4n) is 3.35. The molecular weight excluding hydrogens is 409 g/mol. The van der Waals surface area contributed by atoms with Gasteiger partial charge in [-0.15, -0.1) is 0 Å². The minimum atomic E-state index is -3.25. The number of carbonyl (C=O) groups excluding carboxylic acids is 2. The van der Waals surface area contributed by atoms with Crippen LogP contribution in [-0.2, 0) is 19.6 Å². The van der Waals surface area contributed by atoms with Gasteiger partial charge in [-0.3, -0.25) is 13.9 Å². The summed E-state index contributed by atoms with van der Waals surface area (Å²) in [5.74, 6) is -1.66. The van der Waals surface area contributed by atoms with Crippen molar-refractivity contribution < 1.29 is 22.4 Å². The molecule has 1 aliphatic rings. The molecule has 0 bridgehead atoms. The number of nitrogens with two attached hydrogens (primary N) is 1. The molecule has 0 aliphatic carbocycles. The normalized spacial score (nSPS) is 16.5. The number of hydrogen-bond acceptors (Lipinski definition) is 4. The lowest BCUT2D eigenvalue weighted by Gasteiger charge is -2.25. The summed E-state index contributed by atoms with van der Waals surface area (Å²) in [5, 5.41) is 0. The highest BCUT2D eigenvalue weighted by Crippen LogP contribution is 2.25. The third-order valence-electron chi connectivity index (χ3n) is 4.87. The van der Waals surface area contributed by atoms with Gasteiger partial charge in [-0.1, -0.05) is 24.3 Å². The second-order valence-corrected chi connectivity index (χ2v) is 8.99. The van der Waals surface area contributed by atoms with E-state index >= 15 is 0 Å². The molecule has 7 nitrogen and oxygen atoms in total. The maximum Gasteiger partial charge on any atom is 0.247 e. The van der Waals surface area contributed by atoms with E-state index in [9.17, 15) is 22.4 Å². The molecule has 1 saturated heterocycles. The summed E-state index contributed by atoms with van der Waals surface area (Å²) in [5.41, 5.74) is 6.97. The molecule has 0 saturated carbocycles. The number of anilines is 1. The zero-order valence-corrected chi connectivity index (χ0v) is 17.2. The number of nitrogens with zero attached hydrogens (tertiary/aromatic N) is 2. The van der Waals surface area contributed by atoms with Crippen molar-refractivity contribution >= 4 is 33.6 Å². The number of halogens is 1. The van der Waals surface area contributed by atoms with Crippen LogP contribution >= 0.6 is 0 Å². The lowest BCUT2D eigenvalue weighted by Crippen LogP contribution is -2.38. The standard InChI is InChI=1S/C21H22FN3O4S/c1-24(20(21(23)27)16-4-2-5-17(22)14-16)19(26)11-8-15-6-9-18(10-7-15)25-12-3-13-30(25,28)29/h2,4-11,14,20H,3,12-13H2,1H3,(H2,23,27)/b11-8+. The summed E-state index contributed by atoms with van der Waals surface area (Å²) < 4.78 is 38.9. The van der Waals surface area contributed by atoms with Crippen LogP contribution in [0.1, 0.15) is 23.6 Å². The van der Waals surface area contributed by atoms with Crippen molar-refractivity contribution in [2.45, 2.75) is 12.5 Å². The van der Waals surface area contributed by atoms with Gasteiger partial charge in [-0.05, 0) is 47.9 Å². The molecule has 1 heterocycles. The predicted octanol–water partition coefficient (Wildman–Crippen LogP) is 2.06. The van der Waals surface area contributed by atoms with Crippen molar-refractivity contribution in [2.75, 3.05) is 23.7 Å². The van der Waals surface area contributed by atoms with E-state index in [1.54, 1.807) is 30.3 Å². The molecule has 2 amide bonds. The van der Waals surface area contributed by atoms with Crippen LogP contribution < -0.4 is 10.0 Å². The molecule has 2 N–H and O–H groups in total. The van der Waals surface area contributed by atoms with E-state index in [0.29, 0.717) is 24.2 Å². The molecule has 1 unspecified atom stereocenters. The monoisotopic (exact) mass is 431 g/mol. The lowest BCUT2D eigenvalue weighted by atomic mass is 10.0. The van der Waals surface area contributed by atoms with Crippen molar-refractivity contribution in [3.8, 4) is 0 Å². The van der Waals surface area contributed by atoms with E-state index in [1.165, 1.54) is 35.6 Å². The van der Waals surface area contributed by atoms with Gasteiger partial charge in [-0.25, -0.2) is 12.8 Å². The third-order valence-corrected chi connectivity index (χ3v) is 6.74. The molecule has 0 spiro atoms. The molecule has 1 atom stereocenters. The number of rotatable bonds is 6. The zero-order valence-electron chi connectivity index (χ0n) is 16.4. The number of benzene rings is 2. The second-order valence-electron chi connectivity index (χ2n) is 6.98. The summed E-state index contributed by atoms with van der Waals surface area (Å²) in [4.78, 5) is 25.5. The largest absolute Gasteiger partial charge is 0.368 e. The van der Waals surface area contributed by atoms with E-state index in [1.807, 2.05) is 0 Å². The number of amides is 2. The summed E-state index contributed by atoms with van der Waals surface area (Å²) in [6.07, 6.45) is 3.42. The number of hydrogen-bond donors (Lipinski definition) is 1. The van der Waals surface area contributed by atoms with Gasteiger partial charge in [0.1, 0.15) is 11.9 Å². The van der Waals surface area contributed by atoms with E-state index in [2.05, 4.69) is 0 Å². The van der Waals surface area contributed by atoms with Gasteiger partial charge in [-0.2, -0.15) is 0 Å². The molecule has 9 heteroatoms. The molecular formula is C21H22FN3O4S. The Morgan fingerprint density at radius 2 is 1.90 bits per heavy atom. The molecule has 2 aromatic rings. The fourth-order valence-corrected chi connectivity index (χ4v) is 4.91. The number of likely N-dealkylation sites (N-methyl/N-ethyl adjacent to an activating group) is 1. The van der Waals surface area contributed by atoms with Crippen molar-refractivity contribution in [3.63, 3.8) is 0 Å². The Labute approximate surface area is 174 Å². The zero-order chi connectivity index (χ0) is 21.9. The SMILES string of the molecule is CN(C(=O)/C=C/c1ccc(N2CCCS2(=O)=O)cc1)C(C(N)=O)c1cccc(F)c1. The van der Waals surface area contributed by atoms with Gasteiger partial charge in [0.05, 0.1) is 11.4 Å². The first-order valence-electron chi connectivity index (χ1n) is 9.29. The van der Waals surface area contributed by atoms with E-state index < -0.39 is 33.7 Å². The van der Waals surface area contributed by atoms with Crippen LogP contribution in [0.2, 0.25) is 0 Å². The highest BCUT2D eigenvalue weighted by atomic mass is 32.2. The van der Waals surface area contributed by atoms with Gasteiger partial charge in [0.2, 0.25) is 21.8 Å². The van der Waals surface area contributed by atoms with Gasteiger partial charge >= 0.3 is 0 Å². The Hall–Kier alpha value is -3.20. The van der Waals surface area contributed by atoms with Crippen molar-refractivity contribution in [3.05, 3.63) is 71.6 Å². The van der Waals surface area contributed by atoms with E-state index in [4.69, 9.17) is 5.73 Å². The quantitative estimate of drug-likeness (QED) is 0.708. The minimum Gasteiger partial charge on any atom is -0.368 e. The molecule has 2 aromatic carbocycles. The Morgan fingerprint density at radius 1 is 1.20 bits per heavy atom. The van der Waals surface area contributed by atoms with Crippen LogP contribution in [0.25, 0.3) is 6.08 Å². The van der Waals surface area contributed by atoms with Crippen LogP contribution in [0.4, 0.5) is 10.1 Å². The topological polar surface area (TPSA) is 101 Å². The van der Waals surface area contributed by atoms with Gasteiger partial charge in [0.15, 0.2) is 0 Å². The molecule has 158 valence electrons. The number of sulfonamides is 1. The minimum absolute atomic E-state index is 0.141. The molecule has 1 fully saturated rings. The lowest BCUT2D eigenvalue weighted by molar-refractivity contribution is -0.134. The van der Waals surface area contributed by atoms with E-state index in [0.717, 1.165) is 11.0 Å². The van der Waals surface area contributed by atoms with Crippen LogP contribution in [0, 0.1) is 5.82 Å². The second kappa shape index (κ2) is 8.66. The van der Waals surface area contributed by atoms with Crippen LogP contribution in [-0.4, -0.2) is 44.5 Å². The van der Waals surface area contributed by atoms with Gasteiger partial charge in [0, 0.05) is 19.7 Å².